The van der Waals surface area contributed by atoms with Crippen LogP contribution >= 0.6 is 0 Å². The fourth-order valence-electron chi connectivity index (χ4n) is 1.94. The van der Waals surface area contributed by atoms with Crippen LogP contribution in [-0.4, -0.2) is 10.2 Å². The molecule has 0 heterocycles. The third-order valence-corrected chi connectivity index (χ3v) is 3.69. The van der Waals surface area contributed by atoms with E-state index in [0.717, 1.165) is 11.1 Å². The number of phenolic OH excluding ortho intramolecular Hbond substituents is 2. The summed E-state index contributed by atoms with van der Waals surface area (Å²) in [4.78, 5) is 0. The molecule has 2 N–H and O–H groups in total. The molecule has 0 amide bonds. The van der Waals surface area contributed by atoms with Crippen LogP contribution in [0.25, 0.3) is 0 Å². The average Bonchev–Trinajstić information content (AvgIpc) is 2.39. The Bertz CT molecular complexity index is 587. The van der Waals surface area contributed by atoms with E-state index >= 15 is 0 Å². The zero-order chi connectivity index (χ0) is 15.4. The van der Waals surface area contributed by atoms with Crippen LogP contribution in [0.3, 0.4) is 0 Å². The van der Waals surface area contributed by atoms with Crippen LogP contribution in [0, 0.1) is 41.5 Å². The molecular formula is C18H24O2. The van der Waals surface area contributed by atoms with E-state index in [1.807, 2.05) is 0 Å². The largest absolute Gasteiger partial charge is 0.508 e. The van der Waals surface area contributed by atoms with Crippen molar-refractivity contribution in [2.24, 2.45) is 0 Å². The molecule has 2 aromatic carbocycles. The fraction of sp³-hybridized carbons (Fsp3) is 0.333. The zero-order valence-electron chi connectivity index (χ0n) is 13.2. The molecule has 2 nitrogen and oxygen atoms in total. The summed E-state index contributed by atoms with van der Waals surface area (Å²) in [7, 11) is 0. The number of phenols is 2. The molecule has 0 saturated heterocycles. The van der Waals surface area contributed by atoms with E-state index in [9.17, 15) is 10.2 Å². The van der Waals surface area contributed by atoms with Gasteiger partial charge in [0, 0.05) is 0 Å². The van der Waals surface area contributed by atoms with Gasteiger partial charge in [-0.1, -0.05) is 23.8 Å². The van der Waals surface area contributed by atoms with Gasteiger partial charge in [-0.15, -0.1) is 0 Å². The average molecular weight is 272 g/mol. The lowest BCUT2D eigenvalue weighted by Crippen LogP contribution is -1.85. The van der Waals surface area contributed by atoms with Gasteiger partial charge in [-0.2, -0.15) is 0 Å². The minimum Gasteiger partial charge on any atom is -0.508 e. The lowest BCUT2D eigenvalue weighted by Gasteiger charge is -2.07. The van der Waals surface area contributed by atoms with E-state index < -0.39 is 0 Å². The lowest BCUT2D eigenvalue weighted by molar-refractivity contribution is 0.449. The summed E-state index contributed by atoms with van der Waals surface area (Å²) >= 11 is 0. The third-order valence-electron chi connectivity index (χ3n) is 3.69. The van der Waals surface area contributed by atoms with Crippen molar-refractivity contribution in [2.75, 3.05) is 0 Å². The molecule has 0 saturated carbocycles. The number of benzene rings is 2. The Kier molecular flexibility index (Phi) is 5.20. The summed E-state index contributed by atoms with van der Waals surface area (Å²) in [5.74, 6) is 0.526. The molecule has 0 spiro atoms. The van der Waals surface area contributed by atoms with Crippen LogP contribution in [0.2, 0.25) is 0 Å². The number of hydrogen-bond donors (Lipinski definition) is 2. The fourth-order valence-corrected chi connectivity index (χ4v) is 1.94. The molecule has 0 aromatic heterocycles. The second-order valence-electron chi connectivity index (χ2n) is 5.40. The zero-order valence-corrected chi connectivity index (χ0v) is 13.2. The van der Waals surface area contributed by atoms with Crippen LogP contribution in [0.1, 0.15) is 33.4 Å². The highest BCUT2D eigenvalue weighted by Gasteiger charge is 2.06. The molecule has 0 unspecified atom stereocenters. The Hall–Kier alpha value is -1.96. The Balaban J connectivity index is 0.000000204. The maximum absolute atomic E-state index is 9.40. The van der Waals surface area contributed by atoms with E-state index in [-0.39, 0.29) is 11.5 Å². The van der Waals surface area contributed by atoms with Gasteiger partial charge >= 0.3 is 0 Å². The Labute approximate surface area is 121 Å². The minimum absolute atomic E-state index is 0.248. The smallest absolute Gasteiger partial charge is 0.121 e. The number of aryl methyl sites for hydroxylation is 4. The first kappa shape index (κ1) is 16.1. The Morgan fingerprint density at radius 2 is 1.25 bits per heavy atom. The van der Waals surface area contributed by atoms with E-state index in [1.54, 1.807) is 26.8 Å². The van der Waals surface area contributed by atoms with Gasteiger partial charge in [0.25, 0.3) is 0 Å². The van der Waals surface area contributed by atoms with E-state index in [1.165, 1.54) is 16.7 Å². The van der Waals surface area contributed by atoms with E-state index in [0.29, 0.717) is 5.56 Å². The van der Waals surface area contributed by atoms with Gasteiger partial charge in [0.05, 0.1) is 0 Å². The second-order valence-corrected chi connectivity index (χ2v) is 5.40. The first-order valence-electron chi connectivity index (χ1n) is 6.76. The summed E-state index contributed by atoms with van der Waals surface area (Å²) in [6.07, 6.45) is 0. The Morgan fingerprint density at radius 3 is 1.75 bits per heavy atom. The molecule has 0 atom stereocenters. The molecule has 0 fully saturated rings. The van der Waals surface area contributed by atoms with Crippen molar-refractivity contribution in [1.82, 2.24) is 0 Å². The molecule has 108 valence electrons. The third kappa shape index (κ3) is 3.77. The quantitative estimate of drug-likeness (QED) is 0.686. The minimum atomic E-state index is 0.248. The molecule has 0 radical (unpaired) electrons. The highest BCUT2D eigenvalue weighted by Crippen LogP contribution is 2.30. The Morgan fingerprint density at radius 1 is 0.650 bits per heavy atom. The van der Waals surface area contributed by atoms with Crippen LogP contribution in [0.5, 0.6) is 11.5 Å². The van der Waals surface area contributed by atoms with Gasteiger partial charge < -0.3 is 10.2 Å². The maximum Gasteiger partial charge on any atom is 0.121 e. The van der Waals surface area contributed by atoms with Crippen molar-refractivity contribution in [3.63, 3.8) is 0 Å². The van der Waals surface area contributed by atoms with Crippen molar-refractivity contribution >= 4 is 0 Å². The van der Waals surface area contributed by atoms with Crippen molar-refractivity contribution in [3.8, 4) is 11.5 Å². The molecule has 2 heteroatoms. The summed E-state index contributed by atoms with van der Waals surface area (Å²) in [6, 6.07) is 8.07. The van der Waals surface area contributed by atoms with Crippen molar-refractivity contribution < 1.29 is 10.2 Å². The van der Waals surface area contributed by atoms with Gasteiger partial charge in [-0.3, -0.25) is 0 Å². The van der Waals surface area contributed by atoms with Crippen molar-refractivity contribution in [2.45, 2.75) is 41.5 Å². The predicted molar refractivity (Wildman–Crippen MR) is 84.6 cm³/mol. The standard InChI is InChI=1S/C9H12O2.C9H12/c1-5-4-8(10)6(2)7(3)9(5)11;1-7-4-5-8(2)9(3)6-7/h4,10-11H,1-3H3;4-6H,1-3H3. The summed E-state index contributed by atoms with van der Waals surface area (Å²) in [6.45, 7) is 11.7. The lowest BCUT2D eigenvalue weighted by atomic mass is 10.0. The second kappa shape index (κ2) is 6.47. The first-order chi connectivity index (χ1) is 9.23. The van der Waals surface area contributed by atoms with Crippen LogP contribution in [-0.2, 0) is 0 Å². The summed E-state index contributed by atoms with van der Waals surface area (Å²) in [5, 5.41) is 18.7. The normalized spacial score (nSPS) is 9.90. The number of rotatable bonds is 0. The molecule has 0 bridgehead atoms. The van der Waals surface area contributed by atoms with E-state index in [2.05, 4.69) is 39.0 Å². The summed E-state index contributed by atoms with van der Waals surface area (Å²) < 4.78 is 0. The van der Waals surface area contributed by atoms with Crippen LogP contribution in [0.4, 0.5) is 0 Å². The molecule has 2 aromatic rings. The van der Waals surface area contributed by atoms with Crippen LogP contribution in [0.15, 0.2) is 24.3 Å². The highest BCUT2D eigenvalue weighted by atomic mass is 16.3. The topological polar surface area (TPSA) is 40.5 Å². The SMILES string of the molecule is Cc1cc(O)c(C)c(C)c1O.Cc1ccc(C)c(C)c1. The molecule has 0 aliphatic carbocycles. The molecule has 0 aliphatic rings. The van der Waals surface area contributed by atoms with Crippen molar-refractivity contribution in [3.05, 3.63) is 57.6 Å². The molecule has 20 heavy (non-hydrogen) atoms. The summed E-state index contributed by atoms with van der Waals surface area (Å²) in [5.41, 5.74) is 6.31. The van der Waals surface area contributed by atoms with Gasteiger partial charge in [0.2, 0.25) is 0 Å². The number of hydrogen-bond acceptors (Lipinski definition) is 2. The monoisotopic (exact) mass is 272 g/mol. The van der Waals surface area contributed by atoms with Gasteiger partial charge in [-0.05, 0) is 75.4 Å². The first-order valence-corrected chi connectivity index (χ1v) is 6.76. The van der Waals surface area contributed by atoms with Crippen LogP contribution < -0.4 is 0 Å². The van der Waals surface area contributed by atoms with Gasteiger partial charge in [0.15, 0.2) is 0 Å². The van der Waals surface area contributed by atoms with Gasteiger partial charge in [-0.25, -0.2) is 0 Å². The predicted octanol–water partition coefficient (Wildman–Crippen LogP) is 4.63. The maximum atomic E-state index is 9.40. The molecule has 0 aliphatic heterocycles. The number of aromatic hydroxyl groups is 2. The molecule has 2 rings (SSSR count). The highest BCUT2D eigenvalue weighted by molar-refractivity contribution is 5.50. The van der Waals surface area contributed by atoms with E-state index in [4.69, 9.17) is 0 Å². The molecular weight excluding hydrogens is 248 g/mol. The van der Waals surface area contributed by atoms with Gasteiger partial charge in [0.1, 0.15) is 11.5 Å². The van der Waals surface area contributed by atoms with Crippen molar-refractivity contribution in [1.29, 1.82) is 0 Å².